The summed E-state index contributed by atoms with van der Waals surface area (Å²) in [7, 11) is 0. The summed E-state index contributed by atoms with van der Waals surface area (Å²) in [6.07, 6.45) is 3.98. The molecular weight excluding hydrogens is 205 g/mol. The molecule has 2 heterocycles. The number of aromatic nitrogens is 1. The lowest BCUT2D eigenvalue weighted by molar-refractivity contribution is 0.157. The summed E-state index contributed by atoms with van der Waals surface area (Å²) in [4.78, 5) is 6.17. The summed E-state index contributed by atoms with van der Waals surface area (Å²) in [6.45, 7) is 4.90. The van der Waals surface area contributed by atoms with Gasteiger partial charge in [0.15, 0.2) is 0 Å². The summed E-state index contributed by atoms with van der Waals surface area (Å²) in [5.41, 5.74) is 6.89. The number of rotatable bonds is 2. The average Bonchev–Trinajstić information content (AvgIpc) is 2.24. The second-order valence-electron chi connectivity index (χ2n) is 4.68. The number of likely N-dealkylation sites (tertiary alicyclic amines) is 1. The van der Waals surface area contributed by atoms with Gasteiger partial charge in [-0.3, -0.25) is 9.88 Å². The third kappa shape index (κ3) is 2.77. The van der Waals surface area contributed by atoms with Gasteiger partial charge in [-0.15, -0.1) is 0 Å². The summed E-state index contributed by atoms with van der Waals surface area (Å²) in [5, 5.41) is 0. The molecule has 1 aliphatic rings. The van der Waals surface area contributed by atoms with E-state index < -0.39 is 0 Å². The smallest absolute Gasteiger partial charge is 0.141 e. The Bertz CT molecular complexity index is 356. The molecule has 2 N–H and O–H groups in total. The number of nitrogens with zero attached hydrogens (tertiary/aromatic N) is 2. The molecule has 0 aromatic carbocycles. The quantitative estimate of drug-likeness (QED) is 0.824. The highest BCUT2D eigenvalue weighted by molar-refractivity contribution is 5.10. The molecule has 3 nitrogen and oxygen atoms in total. The molecule has 88 valence electrons. The maximum absolute atomic E-state index is 13.0. The Hall–Kier alpha value is -1.00. The molecule has 0 amide bonds. The average molecular weight is 223 g/mol. The van der Waals surface area contributed by atoms with E-state index in [0.717, 1.165) is 31.6 Å². The van der Waals surface area contributed by atoms with Crippen LogP contribution < -0.4 is 5.73 Å². The van der Waals surface area contributed by atoms with Crippen LogP contribution in [0.25, 0.3) is 0 Å². The first-order chi connectivity index (χ1) is 7.65. The zero-order valence-electron chi connectivity index (χ0n) is 9.56. The molecule has 0 spiro atoms. The summed E-state index contributed by atoms with van der Waals surface area (Å²) in [5.74, 6) is 0.245. The molecule has 1 aromatic heterocycles. The molecule has 2 atom stereocenters. The van der Waals surface area contributed by atoms with Crippen LogP contribution in [0.5, 0.6) is 0 Å². The Labute approximate surface area is 95.5 Å². The molecule has 0 aliphatic carbocycles. The van der Waals surface area contributed by atoms with Gasteiger partial charge in [-0.05, 0) is 30.5 Å². The molecule has 0 saturated carbocycles. The van der Waals surface area contributed by atoms with Crippen molar-refractivity contribution in [1.29, 1.82) is 0 Å². The second-order valence-corrected chi connectivity index (χ2v) is 4.68. The number of halogens is 1. The van der Waals surface area contributed by atoms with Gasteiger partial charge in [0, 0.05) is 25.3 Å². The van der Waals surface area contributed by atoms with E-state index in [-0.39, 0.29) is 5.82 Å². The molecule has 1 aromatic rings. The number of hydrogen-bond donors (Lipinski definition) is 1. The van der Waals surface area contributed by atoms with Crippen LogP contribution in [-0.4, -0.2) is 29.0 Å². The van der Waals surface area contributed by atoms with Crippen LogP contribution in [0, 0.1) is 11.7 Å². The fourth-order valence-corrected chi connectivity index (χ4v) is 2.19. The van der Waals surface area contributed by atoms with Crippen molar-refractivity contribution >= 4 is 0 Å². The zero-order chi connectivity index (χ0) is 11.5. The van der Waals surface area contributed by atoms with Gasteiger partial charge in [0.2, 0.25) is 0 Å². The summed E-state index contributed by atoms with van der Waals surface area (Å²) < 4.78 is 13.0. The van der Waals surface area contributed by atoms with Crippen LogP contribution in [0.2, 0.25) is 0 Å². The Balaban J connectivity index is 1.95. The van der Waals surface area contributed by atoms with Gasteiger partial charge in [-0.1, -0.05) is 6.92 Å². The molecule has 0 radical (unpaired) electrons. The minimum Gasteiger partial charge on any atom is -0.327 e. The molecule has 4 heteroatoms. The van der Waals surface area contributed by atoms with Gasteiger partial charge in [-0.2, -0.15) is 0 Å². The molecule has 2 rings (SSSR count). The molecule has 0 bridgehead atoms. The highest BCUT2D eigenvalue weighted by Gasteiger charge is 2.22. The maximum atomic E-state index is 13.0. The first-order valence-corrected chi connectivity index (χ1v) is 5.72. The Morgan fingerprint density at radius 1 is 1.56 bits per heavy atom. The van der Waals surface area contributed by atoms with E-state index in [1.165, 1.54) is 6.20 Å². The van der Waals surface area contributed by atoms with Crippen LogP contribution in [0.1, 0.15) is 18.9 Å². The van der Waals surface area contributed by atoms with E-state index >= 15 is 0 Å². The van der Waals surface area contributed by atoms with Gasteiger partial charge in [-0.25, -0.2) is 4.39 Å². The normalized spacial score (nSPS) is 26.9. The van der Waals surface area contributed by atoms with E-state index in [9.17, 15) is 4.39 Å². The minimum atomic E-state index is -0.265. The SMILES string of the molecule is CC1CN(Cc2cncc(F)c2)CCC1N. The predicted molar refractivity (Wildman–Crippen MR) is 61.2 cm³/mol. The predicted octanol–water partition coefficient (Wildman–Crippen LogP) is 1.39. The van der Waals surface area contributed by atoms with Crippen LogP contribution in [0.15, 0.2) is 18.5 Å². The Morgan fingerprint density at radius 2 is 2.38 bits per heavy atom. The van der Waals surface area contributed by atoms with Gasteiger partial charge in [0.05, 0.1) is 6.20 Å². The number of piperidine rings is 1. The maximum Gasteiger partial charge on any atom is 0.141 e. The minimum absolute atomic E-state index is 0.265. The number of hydrogen-bond acceptors (Lipinski definition) is 3. The van der Waals surface area contributed by atoms with Crippen molar-refractivity contribution in [1.82, 2.24) is 9.88 Å². The lowest BCUT2D eigenvalue weighted by Gasteiger charge is -2.34. The van der Waals surface area contributed by atoms with E-state index in [1.807, 2.05) is 0 Å². The van der Waals surface area contributed by atoms with Crippen molar-refractivity contribution in [2.45, 2.75) is 25.9 Å². The topological polar surface area (TPSA) is 42.2 Å². The van der Waals surface area contributed by atoms with E-state index in [1.54, 1.807) is 12.3 Å². The molecule has 2 unspecified atom stereocenters. The van der Waals surface area contributed by atoms with Crippen molar-refractivity contribution in [2.75, 3.05) is 13.1 Å². The van der Waals surface area contributed by atoms with Crippen molar-refractivity contribution < 1.29 is 4.39 Å². The fourth-order valence-electron chi connectivity index (χ4n) is 2.19. The lowest BCUT2D eigenvalue weighted by atomic mass is 9.94. The highest BCUT2D eigenvalue weighted by atomic mass is 19.1. The number of pyridine rings is 1. The third-order valence-electron chi connectivity index (χ3n) is 3.22. The van der Waals surface area contributed by atoms with Crippen molar-refractivity contribution in [3.63, 3.8) is 0 Å². The molecule has 1 fully saturated rings. The number of nitrogens with two attached hydrogens (primary N) is 1. The Morgan fingerprint density at radius 3 is 3.06 bits per heavy atom. The zero-order valence-corrected chi connectivity index (χ0v) is 9.56. The van der Waals surface area contributed by atoms with Gasteiger partial charge in [0.1, 0.15) is 5.82 Å². The standard InChI is InChI=1S/C12H18FN3/c1-9-7-16(3-2-12(9)14)8-10-4-11(13)6-15-5-10/h4-6,9,12H,2-3,7-8,14H2,1H3. The van der Waals surface area contributed by atoms with E-state index in [4.69, 9.17) is 5.73 Å². The second kappa shape index (κ2) is 4.89. The molecular formula is C12H18FN3. The monoisotopic (exact) mass is 223 g/mol. The summed E-state index contributed by atoms with van der Waals surface area (Å²) >= 11 is 0. The lowest BCUT2D eigenvalue weighted by Crippen LogP contribution is -2.45. The molecule has 1 saturated heterocycles. The van der Waals surface area contributed by atoms with Gasteiger partial charge in [0.25, 0.3) is 0 Å². The summed E-state index contributed by atoms with van der Waals surface area (Å²) in [6, 6.07) is 1.86. The first-order valence-electron chi connectivity index (χ1n) is 5.72. The molecule has 16 heavy (non-hydrogen) atoms. The van der Waals surface area contributed by atoms with Crippen LogP contribution in [-0.2, 0) is 6.54 Å². The Kier molecular flexibility index (Phi) is 3.51. The highest BCUT2D eigenvalue weighted by Crippen LogP contribution is 2.17. The van der Waals surface area contributed by atoms with Crippen molar-refractivity contribution in [3.8, 4) is 0 Å². The van der Waals surface area contributed by atoms with Gasteiger partial charge >= 0.3 is 0 Å². The fraction of sp³-hybridized carbons (Fsp3) is 0.583. The van der Waals surface area contributed by atoms with E-state index in [0.29, 0.717) is 12.0 Å². The van der Waals surface area contributed by atoms with Crippen LogP contribution in [0.4, 0.5) is 4.39 Å². The van der Waals surface area contributed by atoms with Crippen molar-refractivity contribution in [2.24, 2.45) is 11.7 Å². The molecule has 1 aliphatic heterocycles. The first kappa shape index (κ1) is 11.5. The van der Waals surface area contributed by atoms with E-state index in [2.05, 4.69) is 16.8 Å². The third-order valence-corrected chi connectivity index (χ3v) is 3.22. The van der Waals surface area contributed by atoms with Crippen molar-refractivity contribution in [3.05, 3.63) is 29.8 Å². The van der Waals surface area contributed by atoms with Crippen LogP contribution in [0.3, 0.4) is 0 Å². The van der Waals surface area contributed by atoms with Crippen LogP contribution >= 0.6 is 0 Å². The van der Waals surface area contributed by atoms with Gasteiger partial charge < -0.3 is 5.73 Å². The largest absolute Gasteiger partial charge is 0.327 e.